The van der Waals surface area contributed by atoms with E-state index in [0.29, 0.717) is 27.0 Å². The van der Waals surface area contributed by atoms with E-state index in [9.17, 15) is 0 Å². The summed E-state index contributed by atoms with van der Waals surface area (Å²) in [4.78, 5) is 8.17. The lowest BCUT2D eigenvalue weighted by Crippen LogP contribution is -1.88. The van der Waals surface area contributed by atoms with Gasteiger partial charge in [0.15, 0.2) is 0 Å². The maximum Gasteiger partial charge on any atom is 0.148 e. The van der Waals surface area contributed by atoms with Gasteiger partial charge in [0.2, 0.25) is 0 Å². The zero-order chi connectivity index (χ0) is 10.1. The highest BCUT2D eigenvalue weighted by molar-refractivity contribution is 6.33. The quantitative estimate of drug-likeness (QED) is 0.753. The van der Waals surface area contributed by atoms with Gasteiger partial charge >= 0.3 is 0 Å². The van der Waals surface area contributed by atoms with Gasteiger partial charge in [0.1, 0.15) is 10.9 Å². The fraction of sp³-hybridized carbons (Fsp3) is 0.111. The zero-order valence-electron chi connectivity index (χ0n) is 7.29. The number of hydrogen-bond acceptors (Lipinski definition) is 3. The average Bonchev–Trinajstić information content (AvgIpc) is 2.16. The minimum Gasteiger partial charge on any atom is -0.495 e. The highest BCUT2D eigenvalue weighted by Crippen LogP contribution is 2.28. The van der Waals surface area contributed by atoms with E-state index in [1.54, 1.807) is 19.2 Å². The van der Waals surface area contributed by atoms with E-state index in [0.717, 1.165) is 0 Å². The highest BCUT2D eigenvalue weighted by atomic mass is 35.5. The first-order chi connectivity index (χ1) is 6.70. The third-order valence-electron chi connectivity index (χ3n) is 1.79. The third-order valence-corrected chi connectivity index (χ3v) is 2.26. The Morgan fingerprint density at radius 1 is 1.21 bits per heavy atom. The Morgan fingerprint density at radius 2 is 2.00 bits per heavy atom. The summed E-state index contributed by atoms with van der Waals surface area (Å²) in [6, 6.07) is 3.40. The Hall–Kier alpha value is -1.06. The van der Waals surface area contributed by atoms with Gasteiger partial charge in [-0.05, 0) is 6.07 Å². The summed E-state index contributed by atoms with van der Waals surface area (Å²) in [6.07, 6.45) is 1.48. The number of nitrogens with zero attached hydrogens (tertiary/aromatic N) is 2. The summed E-state index contributed by atoms with van der Waals surface area (Å²) in [6.45, 7) is 0. The number of halogens is 2. The van der Waals surface area contributed by atoms with E-state index in [-0.39, 0.29) is 0 Å². The van der Waals surface area contributed by atoms with Crippen molar-refractivity contribution in [1.29, 1.82) is 0 Å². The second kappa shape index (κ2) is 3.59. The standard InChI is InChI=1S/C9H6Cl2N2O/c1-14-8-3-6-7(2-5(8)10)13-9(11)4-12-6/h2-4H,1H3. The summed E-state index contributed by atoms with van der Waals surface area (Å²) in [7, 11) is 1.55. The predicted molar refractivity (Wildman–Crippen MR) is 56.1 cm³/mol. The van der Waals surface area contributed by atoms with Crippen LogP contribution in [-0.2, 0) is 0 Å². The van der Waals surface area contributed by atoms with Crippen molar-refractivity contribution in [3.05, 3.63) is 28.5 Å². The van der Waals surface area contributed by atoms with Crippen LogP contribution in [0.4, 0.5) is 0 Å². The molecule has 0 N–H and O–H groups in total. The maximum absolute atomic E-state index is 5.92. The molecule has 0 aliphatic rings. The molecule has 0 radical (unpaired) electrons. The van der Waals surface area contributed by atoms with Gasteiger partial charge in [-0.2, -0.15) is 0 Å². The molecule has 2 aromatic rings. The molecule has 0 aliphatic carbocycles. The summed E-state index contributed by atoms with van der Waals surface area (Å²) in [5, 5.41) is 0.843. The molecular weight excluding hydrogens is 223 g/mol. The Labute approximate surface area is 90.6 Å². The van der Waals surface area contributed by atoms with Gasteiger partial charge in [0.05, 0.1) is 29.4 Å². The molecule has 0 spiro atoms. The van der Waals surface area contributed by atoms with Crippen molar-refractivity contribution in [2.24, 2.45) is 0 Å². The molecule has 0 saturated heterocycles. The summed E-state index contributed by atoms with van der Waals surface area (Å²) >= 11 is 11.6. The molecule has 0 saturated carbocycles. The Bertz CT molecular complexity index is 487. The highest BCUT2D eigenvalue weighted by Gasteiger charge is 2.05. The van der Waals surface area contributed by atoms with Crippen LogP contribution in [0.3, 0.4) is 0 Å². The van der Waals surface area contributed by atoms with E-state index >= 15 is 0 Å². The van der Waals surface area contributed by atoms with Gasteiger partial charge in [0, 0.05) is 6.07 Å². The molecule has 1 aromatic carbocycles. The van der Waals surface area contributed by atoms with Crippen molar-refractivity contribution in [3.8, 4) is 5.75 Å². The second-order valence-electron chi connectivity index (χ2n) is 2.67. The van der Waals surface area contributed by atoms with Crippen molar-refractivity contribution in [3.63, 3.8) is 0 Å². The number of methoxy groups -OCH3 is 1. The largest absolute Gasteiger partial charge is 0.495 e. The lowest BCUT2D eigenvalue weighted by Gasteiger charge is -2.03. The van der Waals surface area contributed by atoms with E-state index in [1.807, 2.05) is 0 Å². The average molecular weight is 229 g/mol. The van der Waals surface area contributed by atoms with Gasteiger partial charge in [-0.25, -0.2) is 4.98 Å². The molecule has 1 heterocycles. The van der Waals surface area contributed by atoms with Crippen molar-refractivity contribution >= 4 is 34.2 Å². The van der Waals surface area contributed by atoms with Crippen LogP contribution in [0.25, 0.3) is 11.0 Å². The van der Waals surface area contributed by atoms with Crippen molar-refractivity contribution < 1.29 is 4.74 Å². The monoisotopic (exact) mass is 228 g/mol. The van der Waals surface area contributed by atoms with Crippen LogP contribution in [0.15, 0.2) is 18.3 Å². The van der Waals surface area contributed by atoms with E-state index in [4.69, 9.17) is 27.9 Å². The molecule has 72 valence electrons. The Morgan fingerprint density at radius 3 is 2.71 bits per heavy atom. The van der Waals surface area contributed by atoms with Crippen LogP contribution in [-0.4, -0.2) is 17.1 Å². The molecule has 0 unspecified atom stereocenters. The molecule has 0 bridgehead atoms. The molecule has 0 atom stereocenters. The minimum absolute atomic E-state index is 0.346. The molecule has 14 heavy (non-hydrogen) atoms. The molecule has 3 nitrogen and oxygen atoms in total. The molecule has 0 amide bonds. The fourth-order valence-electron chi connectivity index (χ4n) is 1.15. The van der Waals surface area contributed by atoms with Crippen LogP contribution >= 0.6 is 23.2 Å². The molecular formula is C9H6Cl2N2O. The first-order valence-electron chi connectivity index (χ1n) is 3.86. The fourth-order valence-corrected chi connectivity index (χ4v) is 1.52. The lowest BCUT2D eigenvalue weighted by atomic mass is 10.3. The molecule has 2 rings (SSSR count). The Kier molecular flexibility index (Phi) is 2.44. The van der Waals surface area contributed by atoms with Crippen LogP contribution in [0.1, 0.15) is 0 Å². The van der Waals surface area contributed by atoms with Gasteiger partial charge in [0.25, 0.3) is 0 Å². The number of benzene rings is 1. The predicted octanol–water partition coefficient (Wildman–Crippen LogP) is 2.95. The smallest absolute Gasteiger partial charge is 0.148 e. The molecule has 0 aliphatic heterocycles. The van der Waals surface area contributed by atoms with Gasteiger partial charge < -0.3 is 4.74 Å². The lowest BCUT2D eigenvalue weighted by molar-refractivity contribution is 0.415. The van der Waals surface area contributed by atoms with Crippen molar-refractivity contribution in [2.75, 3.05) is 7.11 Å². The van der Waals surface area contributed by atoms with Crippen LogP contribution < -0.4 is 4.74 Å². The third kappa shape index (κ3) is 1.61. The number of hydrogen-bond donors (Lipinski definition) is 0. The number of aromatic nitrogens is 2. The normalized spacial score (nSPS) is 10.5. The van der Waals surface area contributed by atoms with E-state index in [1.165, 1.54) is 6.20 Å². The maximum atomic E-state index is 5.92. The summed E-state index contributed by atoms with van der Waals surface area (Å²) in [5.41, 5.74) is 1.36. The number of ether oxygens (including phenoxy) is 1. The molecule has 5 heteroatoms. The first kappa shape index (κ1) is 9.49. The number of rotatable bonds is 1. The van der Waals surface area contributed by atoms with E-state index in [2.05, 4.69) is 9.97 Å². The van der Waals surface area contributed by atoms with Crippen molar-refractivity contribution in [2.45, 2.75) is 0 Å². The Balaban J connectivity index is 2.73. The van der Waals surface area contributed by atoms with Gasteiger partial charge in [-0.1, -0.05) is 23.2 Å². The minimum atomic E-state index is 0.346. The number of fused-ring (bicyclic) bond motifs is 1. The summed E-state index contributed by atoms with van der Waals surface area (Å²) < 4.78 is 5.05. The first-order valence-corrected chi connectivity index (χ1v) is 4.62. The van der Waals surface area contributed by atoms with Gasteiger partial charge in [-0.15, -0.1) is 0 Å². The second-order valence-corrected chi connectivity index (χ2v) is 3.46. The van der Waals surface area contributed by atoms with Crippen LogP contribution in [0, 0.1) is 0 Å². The van der Waals surface area contributed by atoms with Crippen LogP contribution in [0.5, 0.6) is 5.75 Å². The molecule has 0 fully saturated rings. The topological polar surface area (TPSA) is 35.0 Å². The molecule has 1 aromatic heterocycles. The SMILES string of the molecule is COc1cc2ncc(Cl)nc2cc1Cl. The van der Waals surface area contributed by atoms with Crippen LogP contribution in [0.2, 0.25) is 10.2 Å². The van der Waals surface area contributed by atoms with E-state index < -0.39 is 0 Å². The van der Waals surface area contributed by atoms with Gasteiger partial charge in [-0.3, -0.25) is 4.98 Å². The van der Waals surface area contributed by atoms with Crippen molar-refractivity contribution in [1.82, 2.24) is 9.97 Å². The summed E-state index contributed by atoms with van der Waals surface area (Å²) in [5.74, 6) is 0.579. The zero-order valence-corrected chi connectivity index (χ0v) is 8.80.